The number of carbonyl (C=O) groups is 1. The van der Waals surface area contributed by atoms with Crippen LogP contribution < -0.4 is 10.1 Å². The van der Waals surface area contributed by atoms with Crippen molar-refractivity contribution in [1.29, 1.82) is 0 Å². The van der Waals surface area contributed by atoms with E-state index in [-0.39, 0.29) is 29.5 Å². The predicted octanol–water partition coefficient (Wildman–Crippen LogP) is 6.51. The first kappa shape index (κ1) is 25.1. The first-order chi connectivity index (χ1) is 17.3. The van der Waals surface area contributed by atoms with E-state index >= 15 is 4.39 Å². The molecule has 3 heterocycles. The number of nitrogens with zero attached hydrogens (tertiary/aromatic N) is 1. The van der Waals surface area contributed by atoms with Crippen molar-refractivity contribution in [2.45, 2.75) is 71.4 Å². The molecular weight excluding hydrogens is 455 g/mol. The number of halogens is 1. The molecule has 3 aliphatic heterocycles. The maximum Gasteiger partial charge on any atom is 0.407 e. The second kappa shape index (κ2) is 10.4. The van der Waals surface area contributed by atoms with Gasteiger partial charge in [0, 0.05) is 12.1 Å². The third-order valence-electron chi connectivity index (χ3n) is 8.41. The highest BCUT2D eigenvalue weighted by atomic mass is 19.1. The maximum absolute atomic E-state index is 15.5. The molecule has 2 atom stereocenters. The lowest BCUT2D eigenvalue weighted by Gasteiger charge is -2.44. The van der Waals surface area contributed by atoms with E-state index in [9.17, 15) is 4.79 Å². The smallest absolute Gasteiger partial charge is 0.407 e. The Labute approximate surface area is 214 Å². The van der Waals surface area contributed by atoms with Crippen molar-refractivity contribution in [3.05, 3.63) is 53.3 Å². The highest BCUT2D eigenvalue weighted by Gasteiger charge is 2.40. The van der Waals surface area contributed by atoms with Gasteiger partial charge in [-0.1, -0.05) is 39.3 Å². The van der Waals surface area contributed by atoms with E-state index in [4.69, 9.17) is 9.47 Å². The molecule has 6 heteroatoms. The summed E-state index contributed by atoms with van der Waals surface area (Å²) in [6, 6.07) is 10.9. The molecule has 2 aromatic carbocycles. The number of unbranched alkanes of at least 4 members (excludes halogenated alkanes) is 1. The molecule has 1 amide bonds. The van der Waals surface area contributed by atoms with Crippen molar-refractivity contribution in [3.8, 4) is 16.9 Å². The van der Waals surface area contributed by atoms with Gasteiger partial charge < -0.3 is 14.8 Å². The summed E-state index contributed by atoms with van der Waals surface area (Å²) in [5, 5.41) is 3.13. The summed E-state index contributed by atoms with van der Waals surface area (Å²) in [5.41, 5.74) is 3.16. The first-order valence-corrected chi connectivity index (χ1v) is 13.6. The molecule has 0 spiro atoms. The fraction of sp³-hybridized carbons (Fsp3) is 0.567. The van der Waals surface area contributed by atoms with Gasteiger partial charge in [0.15, 0.2) is 0 Å². The van der Waals surface area contributed by atoms with Gasteiger partial charge in [0.25, 0.3) is 0 Å². The summed E-state index contributed by atoms with van der Waals surface area (Å²) >= 11 is 0. The third-order valence-corrected chi connectivity index (χ3v) is 8.41. The molecule has 2 bridgehead atoms. The van der Waals surface area contributed by atoms with Crippen LogP contribution >= 0.6 is 0 Å². The number of nitrogens with one attached hydrogen (secondary N) is 1. The normalized spacial score (nSPS) is 26.2. The van der Waals surface area contributed by atoms with Crippen molar-refractivity contribution in [3.63, 3.8) is 0 Å². The summed E-state index contributed by atoms with van der Waals surface area (Å²) in [5.74, 6) is 0.984. The van der Waals surface area contributed by atoms with Crippen molar-refractivity contribution in [2.75, 3.05) is 26.2 Å². The standard InChI is InChI=1S/C30H39FN2O3/c1-4-5-16-35-23-8-6-20(7-9-23)24-17-22-10-13-30(2,3)28(25(22)18-26(24)31)32-29(34)36-27-19-33-14-11-21(27)12-15-33/h6-9,17-18,21,27-28H,4-5,10-16,19H2,1-3H3,(H,32,34)/t27-,28+/m1/s1. The number of hydrogen-bond acceptors (Lipinski definition) is 4. The van der Waals surface area contributed by atoms with Gasteiger partial charge in [-0.15, -0.1) is 0 Å². The lowest BCUT2D eigenvalue weighted by atomic mass is 9.70. The summed E-state index contributed by atoms with van der Waals surface area (Å²) in [7, 11) is 0. The Kier molecular flexibility index (Phi) is 7.25. The molecule has 2 aromatic rings. The van der Waals surface area contributed by atoms with Crippen LogP contribution in [0.5, 0.6) is 5.75 Å². The lowest BCUT2D eigenvalue weighted by Crippen LogP contribution is -2.53. The zero-order valence-corrected chi connectivity index (χ0v) is 21.8. The largest absolute Gasteiger partial charge is 0.494 e. The van der Waals surface area contributed by atoms with E-state index in [0.29, 0.717) is 18.1 Å². The number of rotatable bonds is 7. The van der Waals surface area contributed by atoms with E-state index in [1.165, 1.54) is 0 Å². The van der Waals surface area contributed by atoms with Crippen LogP contribution in [0.25, 0.3) is 11.1 Å². The van der Waals surface area contributed by atoms with Gasteiger partial charge in [0.1, 0.15) is 17.7 Å². The van der Waals surface area contributed by atoms with Crippen molar-refractivity contribution in [2.24, 2.45) is 11.3 Å². The molecule has 6 rings (SSSR count). The Balaban J connectivity index is 1.33. The van der Waals surface area contributed by atoms with Crippen LogP contribution in [-0.2, 0) is 11.2 Å². The van der Waals surface area contributed by atoms with Gasteiger partial charge >= 0.3 is 6.09 Å². The molecule has 1 N–H and O–H groups in total. The number of fused-ring (bicyclic) bond motifs is 4. The maximum atomic E-state index is 15.5. The Morgan fingerprint density at radius 1 is 1.17 bits per heavy atom. The summed E-state index contributed by atoms with van der Waals surface area (Å²) in [6.45, 7) is 10.1. The quantitative estimate of drug-likeness (QED) is 0.446. The number of hydrogen-bond donors (Lipinski definition) is 1. The predicted molar refractivity (Wildman–Crippen MR) is 140 cm³/mol. The van der Waals surface area contributed by atoms with Gasteiger partial charge in [0.2, 0.25) is 0 Å². The summed E-state index contributed by atoms with van der Waals surface area (Å²) in [4.78, 5) is 15.4. The average Bonchev–Trinajstić information content (AvgIpc) is 2.87. The molecular formula is C30H39FN2O3. The van der Waals surface area contributed by atoms with Crippen LogP contribution in [0.2, 0.25) is 0 Å². The number of piperidine rings is 3. The zero-order chi connectivity index (χ0) is 25.3. The number of benzene rings is 2. The minimum atomic E-state index is -0.386. The van der Waals surface area contributed by atoms with Crippen LogP contribution in [0.15, 0.2) is 36.4 Å². The molecule has 1 aliphatic carbocycles. The lowest BCUT2D eigenvalue weighted by molar-refractivity contribution is -0.0353. The Bertz CT molecular complexity index is 1080. The minimum absolute atomic E-state index is 0.0493. The Morgan fingerprint density at radius 2 is 1.92 bits per heavy atom. The first-order valence-electron chi connectivity index (χ1n) is 13.6. The molecule has 5 nitrogen and oxygen atoms in total. The van der Waals surface area contributed by atoms with Gasteiger partial charge in [-0.2, -0.15) is 0 Å². The van der Waals surface area contributed by atoms with Crippen molar-refractivity contribution in [1.82, 2.24) is 10.2 Å². The van der Waals surface area contributed by atoms with E-state index < -0.39 is 0 Å². The van der Waals surface area contributed by atoms with Gasteiger partial charge in [-0.3, -0.25) is 4.90 Å². The van der Waals surface area contributed by atoms with Crippen LogP contribution in [0.1, 0.15) is 70.0 Å². The SMILES string of the molecule is CCCCOc1ccc(-c2cc3c(cc2F)[C@H](NC(=O)O[C@@H]2CN4CCC2CC4)C(C)(C)CC3)cc1. The Morgan fingerprint density at radius 3 is 2.58 bits per heavy atom. The average molecular weight is 495 g/mol. The molecule has 194 valence electrons. The molecule has 0 unspecified atom stereocenters. The van der Waals surface area contributed by atoms with E-state index in [1.54, 1.807) is 6.07 Å². The van der Waals surface area contributed by atoms with Crippen LogP contribution in [0.3, 0.4) is 0 Å². The molecule has 3 fully saturated rings. The van der Waals surface area contributed by atoms with E-state index in [0.717, 1.165) is 80.6 Å². The zero-order valence-electron chi connectivity index (χ0n) is 21.8. The fourth-order valence-corrected chi connectivity index (χ4v) is 6.03. The second-order valence-electron chi connectivity index (χ2n) is 11.4. The topological polar surface area (TPSA) is 50.8 Å². The van der Waals surface area contributed by atoms with Gasteiger partial charge in [0.05, 0.1) is 12.6 Å². The number of amides is 1. The number of alkyl carbamates (subject to hydrolysis) is 1. The highest BCUT2D eigenvalue weighted by Crippen LogP contribution is 2.45. The van der Waals surface area contributed by atoms with Crippen LogP contribution in [0, 0.1) is 17.2 Å². The molecule has 4 aliphatic rings. The van der Waals surface area contributed by atoms with Gasteiger partial charge in [-0.25, -0.2) is 9.18 Å². The molecule has 3 saturated heterocycles. The molecule has 36 heavy (non-hydrogen) atoms. The number of carbonyl (C=O) groups excluding carboxylic acids is 1. The monoisotopic (exact) mass is 494 g/mol. The number of aryl methyl sites for hydroxylation is 1. The van der Waals surface area contributed by atoms with E-state index in [2.05, 4.69) is 31.0 Å². The summed E-state index contributed by atoms with van der Waals surface area (Å²) < 4.78 is 27.1. The molecule has 0 saturated carbocycles. The highest BCUT2D eigenvalue weighted by molar-refractivity contribution is 5.70. The third kappa shape index (κ3) is 5.24. The van der Waals surface area contributed by atoms with E-state index in [1.807, 2.05) is 30.3 Å². The van der Waals surface area contributed by atoms with Gasteiger partial charge in [-0.05, 0) is 97.5 Å². The van der Waals surface area contributed by atoms with Crippen molar-refractivity contribution < 1.29 is 18.7 Å². The molecule has 0 aromatic heterocycles. The summed E-state index contributed by atoms with van der Waals surface area (Å²) in [6.07, 6.45) is 5.60. The van der Waals surface area contributed by atoms with Crippen molar-refractivity contribution >= 4 is 6.09 Å². The minimum Gasteiger partial charge on any atom is -0.494 e. The second-order valence-corrected chi connectivity index (χ2v) is 11.4. The van der Waals surface area contributed by atoms with Crippen LogP contribution in [0.4, 0.5) is 9.18 Å². The fourth-order valence-electron chi connectivity index (χ4n) is 6.03. The Hall–Kier alpha value is -2.60. The van der Waals surface area contributed by atoms with Crippen LogP contribution in [-0.4, -0.2) is 43.3 Å². The molecule has 0 radical (unpaired) electrons. The number of ether oxygens (including phenoxy) is 2.